The van der Waals surface area contributed by atoms with E-state index in [0.29, 0.717) is 0 Å². The SMILES string of the molecule is C/C(=C\CN1CCCCC1)c1ccc(-c2ccccc2)cc1.Cl. The highest BCUT2D eigenvalue weighted by Crippen LogP contribution is 2.22. The van der Waals surface area contributed by atoms with Crippen molar-refractivity contribution in [2.45, 2.75) is 26.2 Å². The van der Waals surface area contributed by atoms with E-state index in [4.69, 9.17) is 0 Å². The van der Waals surface area contributed by atoms with Gasteiger partial charge in [-0.05, 0) is 55.1 Å². The second-order valence-corrected chi connectivity index (χ2v) is 6.19. The summed E-state index contributed by atoms with van der Waals surface area (Å²) in [6.45, 7) is 5.83. The number of rotatable bonds is 4. The van der Waals surface area contributed by atoms with Gasteiger partial charge in [0.2, 0.25) is 0 Å². The zero-order chi connectivity index (χ0) is 15.2. The maximum absolute atomic E-state index is 2.56. The van der Waals surface area contributed by atoms with Crippen molar-refractivity contribution in [3.63, 3.8) is 0 Å². The minimum absolute atomic E-state index is 0. The molecule has 3 rings (SSSR count). The summed E-state index contributed by atoms with van der Waals surface area (Å²) < 4.78 is 0. The number of hydrogen-bond acceptors (Lipinski definition) is 1. The first kappa shape index (κ1) is 17.8. The Morgan fingerprint density at radius 1 is 0.870 bits per heavy atom. The predicted molar refractivity (Wildman–Crippen MR) is 103 cm³/mol. The molecule has 0 spiro atoms. The molecule has 1 saturated heterocycles. The van der Waals surface area contributed by atoms with Gasteiger partial charge in [0, 0.05) is 6.54 Å². The van der Waals surface area contributed by atoms with Gasteiger partial charge in [-0.3, -0.25) is 4.90 Å². The fourth-order valence-corrected chi connectivity index (χ4v) is 3.08. The van der Waals surface area contributed by atoms with Crippen LogP contribution in [-0.2, 0) is 0 Å². The van der Waals surface area contributed by atoms with Gasteiger partial charge in [-0.1, -0.05) is 67.1 Å². The van der Waals surface area contributed by atoms with Crippen molar-refractivity contribution in [3.8, 4) is 11.1 Å². The van der Waals surface area contributed by atoms with Crippen LogP contribution in [0.3, 0.4) is 0 Å². The van der Waals surface area contributed by atoms with Crippen LogP contribution in [0.1, 0.15) is 31.7 Å². The molecule has 2 aromatic rings. The average molecular weight is 328 g/mol. The summed E-state index contributed by atoms with van der Waals surface area (Å²) in [5.74, 6) is 0. The van der Waals surface area contributed by atoms with Gasteiger partial charge in [0.25, 0.3) is 0 Å². The second kappa shape index (κ2) is 8.90. The Labute approximate surface area is 146 Å². The highest BCUT2D eigenvalue weighted by molar-refractivity contribution is 5.85. The van der Waals surface area contributed by atoms with Crippen LogP contribution in [0, 0.1) is 0 Å². The Balaban J connectivity index is 0.00000192. The molecular formula is C21H26ClN. The normalized spacial score (nSPS) is 16.0. The van der Waals surface area contributed by atoms with Crippen molar-refractivity contribution >= 4 is 18.0 Å². The van der Waals surface area contributed by atoms with Crippen LogP contribution in [0.5, 0.6) is 0 Å². The maximum atomic E-state index is 2.56. The average Bonchev–Trinajstić information content (AvgIpc) is 2.61. The lowest BCUT2D eigenvalue weighted by atomic mass is 10.0. The molecule has 1 nitrogen and oxygen atoms in total. The van der Waals surface area contributed by atoms with Crippen molar-refractivity contribution in [3.05, 3.63) is 66.2 Å². The summed E-state index contributed by atoms with van der Waals surface area (Å²) in [5.41, 5.74) is 5.28. The van der Waals surface area contributed by atoms with E-state index in [2.05, 4.69) is 72.5 Å². The summed E-state index contributed by atoms with van der Waals surface area (Å²) >= 11 is 0. The topological polar surface area (TPSA) is 3.24 Å². The third kappa shape index (κ3) is 4.95. The van der Waals surface area contributed by atoms with Crippen molar-refractivity contribution < 1.29 is 0 Å². The van der Waals surface area contributed by atoms with Crippen LogP contribution in [0.4, 0.5) is 0 Å². The first-order valence-corrected chi connectivity index (χ1v) is 8.38. The van der Waals surface area contributed by atoms with Gasteiger partial charge in [-0.25, -0.2) is 0 Å². The monoisotopic (exact) mass is 327 g/mol. The molecule has 0 radical (unpaired) electrons. The molecule has 0 atom stereocenters. The number of benzene rings is 2. The van der Waals surface area contributed by atoms with E-state index in [1.165, 1.54) is 54.6 Å². The Morgan fingerprint density at radius 2 is 1.48 bits per heavy atom. The van der Waals surface area contributed by atoms with Crippen LogP contribution in [-0.4, -0.2) is 24.5 Å². The molecule has 2 heteroatoms. The van der Waals surface area contributed by atoms with E-state index < -0.39 is 0 Å². The van der Waals surface area contributed by atoms with Gasteiger partial charge in [-0.2, -0.15) is 0 Å². The van der Waals surface area contributed by atoms with Gasteiger partial charge in [0.15, 0.2) is 0 Å². The summed E-state index contributed by atoms with van der Waals surface area (Å²) in [5, 5.41) is 0. The number of hydrogen-bond donors (Lipinski definition) is 0. The highest BCUT2D eigenvalue weighted by atomic mass is 35.5. The molecule has 0 saturated carbocycles. The number of likely N-dealkylation sites (tertiary alicyclic amines) is 1. The van der Waals surface area contributed by atoms with Gasteiger partial charge in [-0.15, -0.1) is 12.4 Å². The molecule has 23 heavy (non-hydrogen) atoms. The second-order valence-electron chi connectivity index (χ2n) is 6.19. The number of piperidine rings is 1. The summed E-state index contributed by atoms with van der Waals surface area (Å²) in [7, 11) is 0. The molecule has 1 aliphatic rings. The van der Waals surface area contributed by atoms with Crippen LogP contribution >= 0.6 is 12.4 Å². The van der Waals surface area contributed by atoms with E-state index in [1.54, 1.807) is 0 Å². The third-order valence-corrected chi connectivity index (χ3v) is 4.55. The van der Waals surface area contributed by atoms with Gasteiger partial charge in [0.05, 0.1) is 0 Å². The zero-order valence-corrected chi connectivity index (χ0v) is 14.7. The molecule has 1 fully saturated rings. The molecule has 0 N–H and O–H groups in total. The maximum Gasteiger partial charge on any atom is 0.0169 e. The van der Waals surface area contributed by atoms with Crippen LogP contribution in [0.25, 0.3) is 16.7 Å². The number of nitrogens with zero attached hydrogens (tertiary/aromatic N) is 1. The third-order valence-electron chi connectivity index (χ3n) is 4.55. The highest BCUT2D eigenvalue weighted by Gasteiger charge is 2.08. The van der Waals surface area contributed by atoms with Crippen molar-refractivity contribution in [1.82, 2.24) is 4.90 Å². The largest absolute Gasteiger partial charge is 0.300 e. The molecule has 2 aromatic carbocycles. The van der Waals surface area contributed by atoms with Crippen molar-refractivity contribution in [1.29, 1.82) is 0 Å². The molecule has 0 unspecified atom stereocenters. The van der Waals surface area contributed by atoms with E-state index in [9.17, 15) is 0 Å². The summed E-state index contributed by atoms with van der Waals surface area (Å²) in [4.78, 5) is 2.56. The molecule has 1 aliphatic heterocycles. The summed E-state index contributed by atoms with van der Waals surface area (Å²) in [6, 6.07) is 19.5. The smallest absolute Gasteiger partial charge is 0.0169 e. The fourth-order valence-electron chi connectivity index (χ4n) is 3.08. The standard InChI is InChI=1S/C21H25N.ClH/c1-18(14-17-22-15-6-3-7-16-22)19-10-12-21(13-11-19)20-8-4-2-5-9-20;/h2,4-5,8-14H,3,6-7,15-17H2,1H3;1H/b18-14+;. The zero-order valence-electron chi connectivity index (χ0n) is 13.9. The predicted octanol–water partition coefficient (Wildman–Crippen LogP) is 5.66. The van der Waals surface area contributed by atoms with E-state index in [0.717, 1.165) is 6.54 Å². The first-order valence-electron chi connectivity index (χ1n) is 8.38. The van der Waals surface area contributed by atoms with Gasteiger partial charge >= 0.3 is 0 Å². The van der Waals surface area contributed by atoms with Crippen LogP contribution in [0.15, 0.2) is 60.7 Å². The molecule has 0 bridgehead atoms. The fraction of sp³-hybridized carbons (Fsp3) is 0.333. The minimum Gasteiger partial charge on any atom is -0.300 e. The Morgan fingerprint density at radius 3 is 2.13 bits per heavy atom. The van der Waals surface area contributed by atoms with Crippen molar-refractivity contribution in [2.24, 2.45) is 0 Å². The lowest BCUT2D eigenvalue weighted by Crippen LogP contribution is -2.29. The molecule has 1 heterocycles. The number of halogens is 1. The van der Waals surface area contributed by atoms with E-state index in [-0.39, 0.29) is 12.4 Å². The molecule has 0 aliphatic carbocycles. The van der Waals surface area contributed by atoms with Crippen LogP contribution in [0.2, 0.25) is 0 Å². The Kier molecular flexibility index (Phi) is 6.88. The minimum atomic E-state index is 0. The van der Waals surface area contributed by atoms with Crippen molar-refractivity contribution in [2.75, 3.05) is 19.6 Å². The summed E-state index contributed by atoms with van der Waals surface area (Å²) in [6.07, 6.45) is 6.50. The Hall–Kier alpha value is -1.57. The molecular weight excluding hydrogens is 302 g/mol. The van der Waals surface area contributed by atoms with Crippen LogP contribution < -0.4 is 0 Å². The van der Waals surface area contributed by atoms with Gasteiger partial charge in [0.1, 0.15) is 0 Å². The first-order chi connectivity index (χ1) is 10.8. The number of allylic oxidation sites excluding steroid dienone is 1. The van der Waals surface area contributed by atoms with Gasteiger partial charge < -0.3 is 0 Å². The molecule has 0 aromatic heterocycles. The molecule has 122 valence electrons. The van der Waals surface area contributed by atoms with E-state index >= 15 is 0 Å². The quantitative estimate of drug-likeness (QED) is 0.699. The lowest BCUT2D eigenvalue weighted by Gasteiger charge is -2.25. The van der Waals surface area contributed by atoms with E-state index in [1.807, 2.05) is 0 Å². The molecule has 0 amide bonds. The Bertz CT molecular complexity index is 610. The lowest BCUT2D eigenvalue weighted by molar-refractivity contribution is 0.251.